The van der Waals surface area contributed by atoms with E-state index >= 15 is 0 Å². The molecule has 2 aromatic heterocycles. The van der Waals surface area contributed by atoms with E-state index in [-0.39, 0.29) is 6.10 Å². The molecule has 0 bridgehead atoms. The number of H-pyrrole nitrogens is 1. The van der Waals surface area contributed by atoms with Crippen LogP contribution in [0.3, 0.4) is 0 Å². The van der Waals surface area contributed by atoms with E-state index in [9.17, 15) is 0 Å². The Balaban J connectivity index is 1.44. The molecule has 5 rings (SSSR count). The third-order valence-corrected chi connectivity index (χ3v) is 6.05. The molecular formula is C22H27N5O. The lowest BCUT2D eigenvalue weighted by atomic mass is 9.83. The summed E-state index contributed by atoms with van der Waals surface area (Å²) in [6, 6.07) is 11.0. The van der Waals surface area contributed by atoms with E-state index in [2.05, 4.69) is 44.0 Å². The van der Waals surface area contributed by atoms with Gasteiger partial charge in [0.05, 0.1) is 11.6 Å². The van der Waals surface area contributed by atoms with Crippen molar-refractivity contribution in [2.75, 3.05) is 19.6 Å². The van der Waals surface area contributed by atoms with Crippen molar-refractivity contribution in [1.82, 2.24) is 25.8 Å². The van der Waals surface area contributed by atoms with Crippen molar-refractivity contribution < 1.29 is 4.74 Å². The lowest BCUT2D eigenvalue weighted by molar-refractivity contribution is 0.232. The van der Waals surface area contributed by atoms with E-state index in [1.165, 1.54) is 18.4 Å². The monoisotopic (exact) mass is 377 g/mol. The molecule has 2 fully saturated rings. The summed E-state index contributed by atoms with van der Waals surface area (Å²) >= 11 is 0. The number of ether oxygens (including phenoxy) is 1. The van der Waals surface area contributed by atoms with E-state index in [1.54, 1.807) is 0 Å². The van der Waals surface area contributed by atoms with Crippen LogP contribution in [-0.2, 0) is 0 Å². The molecule has 146 valence electrons. The summed E-state index contributed by atoms with van der Waals surface area (Å²) in [5, 5.41) is 16.1. The molecule has 0 amide bonds. The number of pyridine rings is 1. The van der Waals surface area contributed by atoms with Crippen molar-refractivity contribution in [2.24, 2.45) is 5.41 Å². The van der Waals surface area contributed by atoms with Gasteiger partial charge in [-0.3, -0.25) is 5.10 Å². The number of rotatable bonds is 4. The van der Waals surface area contributed by atoms with E-state index in [1.807, 2.05) is 32.2 Å². The molecule has 1 aromatic carbocycles. The number of nitrogens with one attached hydrogen (secondary N) is 3. The summed E-state index contributed by atoms with van der Waals surface area (Å²) in [4.78, 5) is 4.43. The normalized spacial score (nSPS) is 24.6. The Morgan fingerprint density at radius 2 is 2.11 bits per heavy atom. The van der Waals surface area contributed by atoms with Gasteiger partial charge in [0.2, 0.25) is 5.88 Å². The second kappa shape index (κ2) is 6.87. The highest BCUT2D eigenvalue weighted by Gasteiger charge is 2.41. The van der Waals surface area contributed by atoms with Gasteiger partial charge in [-0.15, -0.1) is 0 Å². The van der Waals surface area contributed by atoms with Gasteiger partial charge in [-0.05, 0) is 62.4 Å². The van der Waals surface area contributed by atoms with Crippen molar-refractivity contribution >= 4 is 10.9 Å². The number of fused-ring (bicyclic) bond motifs is 1. The Labute approximate surface area is 165 Å². The first-order valence-corrected chi connectivity index (χ1v) is 10.2. The fourth-order valence-corrected chi connectivity index (χ4v) is 4.57. The van der Waals surface area contributed by atoms with Crippen molar-refractivity contribution in [3.05, 3.63) is 42.1 Å². The second-order valence-electron chi connectivity index (χ2n) is 8.49. The number of nitrogens with zero attached hydrogens (tertiary/aromatic N) is 2. The largest absolute Gasteiger partial charge is 0.475 e. The first-order valence-electron chi connectivity index (χ1n) is 10.2. The number of hydrogen-bond acceptors (Lipinski definition) is 5. The Kier molecular flexibility index (Phi) is 4.33. The highest BCUT2D eigenvalue weighted by atomic mass is 16.5. The van der Waals surface area contributed by atoms with Gasteiger partial charge in [0.15, 0.2) is 0 Å². The fourth-order valence-electron chi connectivity index (χ4n) is 4.57. The van der Waals surface area contributed by atoms with E-state index < -0.39 is 0 Å². The van der Waals surface area contributed by atoms with Crippen LogP contribution < -0.4 is 15.4 Å². The minimum absolute atomic E-state index is 0.115. The van der Waals surface area contributed by atoms with Crippen LogP contribution in [0.5, 0.6) is 5.88 Å². The molecule has 0 radical (unpaired) electrons. The summed E-state index contributed by atoms with van der Waals surface area (Å²) in [6.07, 6.45) is 4.42. The third-order valence-electron chi connectivity index (χ3n) is 6.05. The molecule has 3 aromatic rings. The van der Waals surface area contributed by atoms with Crippen molar-refractivity contribution in [1.29, 1.82) is 0 Å². The number of benzene rings is 1. The first-order chi connectivity index (χ1) is 13.6. The molecule has 0 aliphatic carbocycles. The molecule has 6 heteroatoms. The Hall–Kier alpha value is -2.44. The maximum Gasteiger partial charge on any atom is 0.213 e. The van der Waals surface area contributed by atoms with Gasteiger partial charge in [0, 0.05) is 42.3 Å². The molecular weight excluding hydrogens is 350 g/mol. The van der Waals surface area contributed by atoms with Crippen LogP contribution >= 0.6 is 0 Å². The van der Waals surface area contributed by atoms with E-state index in [0.29, 0.717) is 17.3 Å². The molecule has 2 aliphatic rings. The summed E-state index contributed by atoms with van der Waals surface area (Å²) in [5.41, 5.74) is 4.75. The van der Waals surface area contributed by atoms with Gasteiger partial charge in [0.1, 0.15) is 5.69 Å². The first kappa shape index (κ1) is 17.6. The zero-order valence-corrected chi connectivity index (χ0v) is 16.5. The minimum atomic E-state index is 0.115. The van der Waals surface area contributed by atoms with Crippen LogP contribution in [-0.4, -0.2) is 40.9 Å². The third kappa shape index (κ3) is 3.16. The Morgan fingerprint density at radius 3 is 2.86 bits per heavy atom. The molecule has 6 nitrogen and oxygen atoms in total. The predicted octanol–water partition coefficient (Wildman–Crippen LogP) is 3.43. The molecule has 2 aliphatic heterocycles. The number of hydrogen-bond donors (Lipinski definition) is 3. The molecule has 2 saturated heterocycles. The smallest absolute Gasteiger partial charge is 0.213 e. The second-order valence-corrected chi connectivity index (χ2v) is 8.49. The SMILES string of the molecule is CC(C)Oc1ccc(-c2n[nH]c3ccc(C4CC5(CCNC5)CN4)cc23)cn1. The Bertz CT molecular complexity index is 972. The molecule has 2 atom stereocenters. The van der Waals surface area contributed by atoms with Gasteiger partial charge in [-0.1, -0.05) is 6.07 Å². The quantitative estimate of drug-likeness (QED) is 0.650. The van der Waals surface area contributed by atoms with Gasteiger partial charge < -0.3 is 15.4 Å². The highest BCUT2D eigenvalue weighted by Crippen LogP contribution is 2.41. The zero-order valence-electron chi connectivity index (χ0n) is 16.5. The van der Waals surface area contributed by atoms with E-state index in [0.717, 1.165) is 41.8 Å². The average Bonchev–Trinajstić information content (AvgIpc) is 3.42. The Morgan fingerprint density at radius 1 is 1.18 bits per heavy atom. The molecule has 0 saturated carbocycles. The fraction of sp³-hybridized carbons (Fsp3) is 0.455. The number of aromatic amines is 1. The molecule has 4 heterocycles. The minimum Gasteiger partial charge on any atom is -0.475 e. The lowest BCUT2D eigenvalue weighted by Crippen LogP contribution is -2.26. The summed E-state index contributed by atoms with van der Waals surface area (Å²) < 4.78 is 5.65. The highest BCUT2D eigenvalue weighted by molar-refractivity contribution is 5.93. The van der Waals surface area contributed by atoms with Crippen LogP contribution in [0.4, 0.5) is 0 Å². The maximum atomic E-state index is 5.65. The van der Waals surface area contributed by atoms with Gasteiger partial charge in [0.25, 0.3) is 0 Å². The van der Waals surface area contributed by atoms with Gasteiger partial charge in [-0.25, -0.2) is 4.98 Å². The number of aromatic nitrogens is 3. The van der Waals surface area contributed by atoms with Crippen molar-refractivity contribution in [3.63, 3.8) is 0 Å². The summed E-state index contributed by atoms with van der Waals surface area (Å²) in [5.74, 6) is 0.643. The van der Waals surface area contributed by atoms with E-state index in [4.69, 9.17) is 4.74 Å². The van der Waals surface area contributed by atoms with Crippen LogP contribution in [0, 0.1) is 5.41 Å². The molecule has 1 spiro atoms. The molecule has 28 heavy (non-hydrogen) atoms. The van der Waals surface area contributed by atoms with Crippen LogP contribution in [0.2, 0.25) is 0 Å². The van der Waals surface area contributed by atoms with Crippen molar-refractivity contribution in [3.8, 4) is 17.1 Å². The van der Waals surface area contributed by atoms with Crippen molar-refractivity contribution in [2.45, 2.75) is 38.8 Å². The standard InChI is InChI=1S/C22H27N5O/c1-14(2)28-20-6-4-16(11-24-20)21-17-9-15(3-5-18(17)26-27-21)19-10-22(13-25-19)7-8-23-12-22/h3-6,9,11,14,19,23,25H,7-8,10,12-13H2,1-2H3,(H,26,27). The lowest BCUT2D eigenvalue weighted by Gasteiger charge is -2.20. The maximum absolute atomic E-state index is 5.65. The summed E-state index contributed by atoms with van der Waals surface area (Å²) in [7, 11) is 0. The van der Waals surface area contributed by atoms with Crippen LogP contribution in [0.15, 0.2) is 36.5 Å². The zero-order chi connectivity index (χ0) is 19.1. The van der Waals surface area contributed by atoms with Gasteiger partial charge >= 0.3 is 0 Å². The molecule has 2 unspecified atom stereocenters. The van der Waals surface area contributed by atoms with Crippen LogP contribution in [0.1, 0.15) is 38.3 Å². The van der Waals surface area contributed by atoms with Gasteiger partial charge in [-0.2, -0.15) is 5.10 Å². The van der Waals surface area contributed by atoms with Crippen LogP contribution in [0.25, 0.3) is 22.2 Å². The summed E-state index contributed by atoms with van der Waals surface area (Å²) in [6.45, 7) is 7.37. The average molecular weight is 377 g/mol. The predicted molar refractivity (Wildman–Crippen MR) is 110 cm³/mol. The topological polar surface area (TPSA) is 74.9 Å². The molecule has 3 N–H and O–H groups in total.